The Balaban J connectivity index is 1.95. The van der Waals surface area contributed by atoms with E-state index in [1.54, 1.807) is 19.3 Å². The number of rotatable bonds is 4. The second kappa shape index (κ2) is 5.35. The summed E-state index contributed by atoms with van der Waals surface area (Å²) in [5, 5.41) is 13.8. The normalized spacial score (nSPS) is 12.3. The molecule has 3 rings (SSSR count). The van der Waals surface area contributed by atoms with Crippen molar-refractivity contribution in [3.63, 3.8) is 0 Å². The minimum Gasteiger partial charge on any atom is -0.363 e. The Morgan fingerprint density at radius 1 is 1.29 bits per heavy atom. The molecule has 0 spiro atoms. The average Bonchev–Trinajstić information content (AvgIpc) is 2.95. The third-order valence-corrected chi connectivity index (χ3v) is 3.24. The van der Waals surface area contributed by atoms with Gasteiger partial charge in [0.15, 0.2) is 5.65 Å². The fraction of sp³-hybridized carbons (Fsp3) is 0.214. The average molecular weight is 286 g/mol. The molecular formula is C14H15FN6. The zero-order chi connectivity index (χ0) is 14.8. The summed E-state index contributed by atoms with van der Waals surface area (Å²) < 4.78 is 13.3. The standard InChI is InChI=1S/C14H15FN6/c1-8(9-4-3-5-10(15)6-9)18-12-11-7-17-21-13(11)20-14(16-2)19-12/h3-8H,1-2H3,(H3,16,17,18,19,20,21). The molecule has 0 amide bonds. The first-order chi connectivity index (χ1) is 10.2. The topological polar surface area (TPSA) is 78.5 Å². The quantitative estimate of drug-likeness (QED) is 0.687. The zero-order valence-electron chi connectivity index (χ0n) is 11.7. The molecule has 108 valence electrons. The van der Waals surface area contributed by atoms with E-state index in [2.05, 4.69) is 30.8 Å². The number of H-pyrrole nitrogens is 1. The molecule has 6 nitrogen and oxygen atoms in total. The third-order valence-electron chi connectivity index (χ3n) is 3.24. The maximum atomic E-state index is 13.3. The molecule has 0 saturated carbocycles. The summed E-state index contributed by atoms with van der Waals surface area (Å²) in [5.41, 5.74) is 1.49. The van der Waals surface area contributed by atoms with E-state index < -0.39 is 0 Å². The van der Waals surface area contributed by atoms with E-state index in [1.165, 1.54) is 12.1 Å². The van der Waals surface area contributed by atoms with Crippen molar-refractivity contribution in [2.45, 2.75) is 13.0 Å². The Morgan fingerprint density at radius 2 is 2.14 bits per heavy atom. The minimum absolute atomic E-state index is 0.0987. The van der Waals surface area contributed by atoms with Crippen LogP contribution in [0.3, 0.4) is 0 Å². The highest BCUT2D eigenvalue weighted by Gasteiger charge is 2.12. The Kier molecular flexibility index (Phi) is 3.39. The van der Waals surface area contributed by atoms with Gasteiger partial charge in [0.1, 0.15) is 11.6 Å². The summed E-state index contributed by atoms with van der Waals surface area (Å²) in [5.74, 6) is 0.878. The third kappa shape index (κ3) is 2.62. The van der Waals surface area contributed by atoms with E-state index in [-0.39, 0.29) is 11.9 Å². The predicted octanol–water partition coefficient (Wildman–Crippen LogP) is 2.71. The second-order valence-corrected chi connectivity index (χ2v) is 4.70. The maximum Gasteiger partial charge on any atom is 0.226 e. The highest BCUT2D eigenvalue weighted by molar-refractivity contribution is 5.87. The van der Waals surface area contributed by atoms with Crippen LogP contribution in [0.25, 0.3) is 11.0 Å². The molecule has 0 radical (unpaired) electrons. The van der Waals surface area contributed by atoms with E-state index in [1.807, 2.05) is 13.0 Å². The van der Waals surface area contributed by atoms with Gasteiger partial charge >= 0.3 is 0 Å². The smallest absolute Gasteiger partial charge is 0.226 e. The SMILES string of the molecule is CNc1nc(NC(C)c2cccc(F)c2)c2cn[nH]c2n1. The van der Waals surface area contributed by atoms with E-state index in [0.29, 0.717) is 17.4 Å². The molecule has 2 aromatic heterocycles. The Hall–Kier alpha value is -2.70. The lowest BCUT2D eigenvalue weighted by Gasteiger charge is -2.16. The monoisotopic (exact) mass is 286 g/mol. The lowest BCUT2D eigenvalue weighted by atomic mass is 10.1. The van der Waals surface area contributed by atoms with Crippen molar-refractivity contribution >= 4 is 22.8 Å². The van der Waals surface area contributed by atoms with E-state index >= 15 is 0 Å². The number of aromatic amines is 1. The van der Waals surface area contributed by atoms with Crippen LogP contribution in [0.4, 0.5) is 16.2 Å². The van der Waals surface area contributed by atoms with Gasteiger partial charge in [0, 0.05) is 7.05 Å². The van der Waals surface area contributed by atoms with Gasteiger partial charge in [0.25, 0.3) is 0 Å². The van der Waals surface area contributed by atoms with Crippen LogP contribution in [0.2, 0.25) is 0 Å². The molecule has 7 heteroatoms. The summed E-state index contributed by atoms with van der Waals surface area (Å²) in [7, 11) is 1.75. The number of hydrogen-bond donors (Lipinski definition) is 3. The number of nitrogens with zero attached hydrogens (tertiary/aromatic N) is 3. The molecule has 0 aliphatic carbocycles. The van der Waals surface area contributed by atoms with Crippen molar-refractivity contribution in [3.8, 4) is 0 Å². The fourth-order valence-corrected chi connectivity index (χ4v) is 2.12. The van der Waals surface area contributed by atoms with E-state index in [9.17, 15) is 4.39 Å². The molecule has 3 N–H and O–H groups in total. The van der Waals surface area contributed by atoms with Crippen LogP contribution in [0, 0.1) is 5.82 Å². The van der Waals surface area contributed by atoms with Crippen LogP contribution < -0.4 is 10.6 Å². The Labute approximate surface area is 120 Å². The largest absolute Gasteiger partial charge is 0.363 e. The van der Waals surface area contributed by atoms with E-state index in [4.69, 9.17) is 0 Å². The molecule has 0 saturated heterocycles. The first-order valence-corrected chi connectivity index (χ1v) is 6.58. The van der Waals surface area contributed by atoms with Crippen LogP contribution in [-0.4, -0.2) is 27.2 Å². The summed E-state index contributed by atoms with van der Waals surface area (Å²) >= 11 is 0. The van der Waals surface area contributed by atoms with Crippen molar-refractivity contribution in [2.24, 2.45) is 0 Å². The van der Waals surface area contributed by atoms with Crippen LogP contribution in [0.15, 0.2) is 30.5 Å². The molecule has 0 aliphatic heterocycles. The fourth-order valence-electron chi connectivity index (χ4n) is 2.12. The molecule has 2 heterocycles. The second-order valence-electron chi connectivity index (χ2n) is 4.70. The van der Waals surface area contributed by atoms with Gasteiger partial charge < -0.3 is 10.6 Å². The highest BCUT2D eigenvalue weighted by Crippen LogP contribution is 2.24. The minimum atomic E-state index is -0.256. The zero-order valence-corrected chi connectivity index (χ0v) is 11.7. The van der Waals surface area contributed by atoms with Gasteiger partial charge in [-0.15, -0.1) is 0 Å². The Morgan fingerprint density at radius 3 is 2.90 bits per heavy atom. The molecule has 21 heavy (non-hydrogen) atoms. The van der Waals surface area contributed by atoms with Crippen LogP contribution in [0.1, 0.15) is 18.5 Å². The van der Waals surface area contributed by atoms with Gasteiger partial charge in [-0.05, 0) is 24.6 Å². The van der Waals surface area contributed by atoms with Gasteiger partial charge in [-0.2, -0.15) is 15.1 Å². The number of anilines is 2. The lowest BCUT2D eigenvalue weighted by molar-refractivity contribution is 0.623. The first-order valence-electron chi connectivity index (χ1n) is 6.58. The molecule has 1 unspecified atom stereocenters. The maximum absolute atomic E-state index is 13.3. The van der Waals surface area contributed by atoms with Crippen molar-refractivity contribution in [3.05, 3.63) is 41.8 Å². The van der Waals surface area contributed by atoms with Crippen molar-refractivity contribution < 1.29 is 4.39 Å². The number of benzene rings is 1. The van der Waals surface area contributed by atoms with Crippen molar-refractivity contribution in [2.75, 3.05) is 17.7 Å². The van der Waals surface area contributed by atoms with Crippen molar-refractivity contribution in [1.29, 1.82) is 0 Å². The number of fused-ring (bicyclic) bond motifs is 1. The number of hydrogen-bond acceptors (Lipinski definition) is 5. The highest BCUT2D eigenvalue weighted by atomic mass is 19.1. The number of aromatic nitrogens is 4. The summed E-state index contributed by atoms with van der Waals surface area (Å²) in [6.07, 6.45) is 1.66. The summed E-state index contributed by atoms with van der Waals surface area (Å²) in [6, 6.07) is 6.39. The van der Waals surface area contributed by atoms with Gasteiger partial charge in [0.05, 0.1) is 17.6 Å². The van der Waals surface area contributed by atoms with Gasteiger partial charge in [-0.25, -0.2) is 4.39 Å². The number of halogens is 1. The molecule has 1 aromatic carbocycles. The molecule has 0 fully saturated rings. The molecule has 1 atom stereocenters. The lowest BCUT2D eigenvalue weighted by Crippen LogP contribution is -2.10. The summed E-state index contributed by atoms with van der Waals surface area (Å²) in [6.45, 7) is 1.95. The Bertz CT molecular complexity index is 769. The van der Waals surface area contributed by atoms with Gasteiger partial charge in [0.2, 0.25) is 5.95 Å². The molecule has 0 aliphatic rings. The van der Waals surface area contributed by atoms with Crippen LogP contribution in [0.5, 0.6) is 0 Å². The van der Waals surface area contributed by atoms with Crippen molar-refractivity contribution in [1.82, 2.24) is 20.2 Å². The number of nitrogens with one attached hydrogen (secondary N) is 3. The van der Waals surface area contributed by atoms with Gasteiger partial charge in [-0.3, -0.25) is 5.10 Å². The summed E-state index contributed by atoms with van der Waals surface area (Å²) in [4.78, 5) is 8.66. The van der Waals surface area contributed by atoms with Crippen LogP contribution in [-0.2, 0) is 0 Å². The first kappa shape index (κ1) is 13.3. The van der Waals surface area contributed by atoms with E-state index in [0.717, 1.165) is 10.9 Å². The van der Waals surface area contributed by atoms with Gasteiger partial charge in [-0.1, -0.05) is 12.1 Å². The molecule has 3 aromatic rings. The van der Waals surface area contributed by atoms with Crippen LogP contribution >= 0.6 is 0 Å². The molecule has 0 bridgehead atoms. The predicted molar refractivity (Wildman–Crippen MR) is 79.7 cm³/mol. The molecular weight excluding hydrogens is 271 g/mol.